The summed E-state index contributed by atoms with van der Waals surface area (Å²) in [4.78, 5) is 32.0. The Bertz CT molecular complexity index is 1530. The number of hydrogen-bond donors (Lipinski definition) is 0. The molecular formula is C28H28N2O6S. The molecule has 0 amide bonds. The lowest BCUT2D eigenvalue weighted by Gasteiger charge is -2.26. The van der Waals surface area contributed by atoms with Gasteiger partial charge in [0.25, 0.3) is 5.56 Å². The van der Waals surface area contributed by atoms with Gasteiger partial charge in [-0.1, -0.05) is 36.1 Å². The highest BCUT2D eigenvalue weighted by molar-refractivity contribution is 7.07. The molecule has 0 saturated carbocycles. The lowest BCUT2D eigenvalue weighted by Crippen LogP contribution is -2.40. The second kappa shape index (κ2) is 11.3. The van der Waals surface area contributed by atoms with E-state index in [1.54, 1.807) is 51.3 Å². The van der Waals surface area contributed by atoms with Crippen LogP contribution in [0.1, 0.15) is 31.0 Å². The number of esters is 1. The first-order valence-corrected chi connectivity index (χ1v) is 12.5. The van der Waals surface area contributed by atoms with Crippen molar-refractivity contribution in [3.63, 3.8) is 0 Å². The van der Waals surface area contributed by atoms with Gasteiger partial charge in [-0.15, -0.1) is 0 Å². The van der Waals surface area contributed by atoms with Gasteiger partial charge >= 0.3 is 5.97 Å². The Morgan fingerprint density at radius 1 is 1.14 bits per heavy atom. The zero-order valence-electron chi connectivity index (χ0n) is 21.1. The fourth-order valence-electron chi connectivity index (χ4n) is 4.10. The highest BCUT2D eigenvalue weighted by Gasteiger charge is 2.35. The number of rotatable bonds is 9. The van der Waals surface area contributed by atoms with Gasteiger partial charge in [0.05, 0.1) is 36.6 Å². The molecule has 8 nitrogen and oxygen atoms in total. The molecule has 0 bridgehead atoms. The van der Waals surface area contributed by atoms with Gasteiger partial charge in [-0.2, -0.15) is 0 Å². The van der Waals surface area contributed by atoms with Crippen molar-refractivity contribution in [2.75, 3.05) is 27.4 Å². The molecule has 0 unspecified atom stereocenters. The van der Waals surface area contributed by atoms with E-state index in [4.69, 9.17) is 18.9 Å². The van der Waals surface area contributed by atoms with E-state index in [0.717, 1.165) is 5.56 Å². The van der Waals surface area contributed by atoms with Crippen LogP contribution in [0.3, 0.4) is 0 Å². The number of carbonyl (C=O) groups excluding carboxylic acids is 1. The molecule has 1 aliphatic heterocycles. The molecule has 3 aromatic rings. The van der Waals surface area contributed by atoms with Crippen molar-refractivity contribution >= 4 is 23.4 Å². The van der Waals surface area contributed by atoms with E-state index in [1.807, 2.05) is 24.3 Å². The summed E-state index contributed by atoms with van der Waals surface area (Å²) in [5.41, 5.74) is 1.95. The maximum absolute atomic E-state index is 13.8. The van der Waals surface area contributed by atoms with Gasteiger partial charge in [0.1, 0.15) is 29.9 Å². The summed E-state index contributed by atoms with van der Waals surface area (Å²) >= 11 is 1.26. The molecule has 0 fully saturated rings. The minimum Gasteiger partial charge on any atom is -0.497 e. The first-order chi connectivity index (χ1) is 17.9. The largest absolute Gasteiger partial charge is 0.497 e. The van der Waals surface area contributed by atoms with Crippen molar-refractivity contribution in [3.05, 3.63) is 97.2 Å². The number of hydrogen-bond acceptors (Lipinski definition) is 8. The van der Waals surface area contributed by atoms with Crippen LogP contribution in [0.15, 0.2) is 76.2 Å². The Balaban J connectivity index is 1.89. The summed E-state index contributed by atoms with van der Waals surface area (Å²) in [6.07, 6.45) is 3.47. The highest BCUT2D eigenvalue weighted by Crippen LogP contribution is 2.37. The molecule has 37 heavy (non-hydrogen) atoms. The van der Waals surface area contributed by atoms with Gasteiger partial charge < -0.3 is 18.9 Å². The fourth-order valence-corrected chi connectivity index (χ4v) is 5.14. The van der Waals surface area contributed by atoms with Crippen LogP contribution in [-0.2, 0) is 9.53 Å². The lowest BCUT2D eigenvalue weighted by atomic mass is 9.95. The van der Waals surface area contributed by atoms with E-state index >= 15 is 0 Å². The molecule has 1 aliphatic rings. The third-order valence-electron chi connectivity index (χ3n) is 5.80. The van der Waals surface area contributed by atoms with Crippen molar-refractivity contribution < 1.29 is 23.7 Å². The van der Waals surface area contributed by atoms with Crippen LogP contribution in [0.25, 0.3) is 6.08 Å². The van der Waals surface area contributed by atoms with E-state index in [2.05, 4.69) is 11.6 Å². The second-order valence-corrected chi connectivity index (χ2v) is 9.09. The van der Waals surface area contributed by atoms with Crippen molar-refractivity contribution in [1.29, 1.82) is 0 Å². The average Bonchev–Trinajstić information content (AvgIpc) is 3.21. The smallest absolute Gasteiger partial charge is 0.338 e. The molecule has 9 heteroatoms. The zero-order chi connectivity index (χ0) is 26.5. The summed E-state index contributed by atoms with van der Waals surface area (Å²) in [7, 11) is 3.09. The van der Waals surface area contributed by atoms with Crippen molar-refractivity contribution in [2.24, 2.45) is 4.99 Å². The summed E-state index contributed by atoms with van der Waals surface area (Å²) in [6.45, 7) is 7.73. The third-order valence-corrected chi connectivity index (χ3v) is 6.78. The van der Waals surface area contributed by atoms with Gasteiger partial charge in [-0.3, -0.25) is 9.36 Å². The summed E-state index contributed by atoms with van der Waals surface area (Å²) in [5, 5.41) is 0. The molecule has 2 heterocycles. The number of nitrogens with zero attached hydrogens (tertiary/aromatic N) is 2. The van der Waals surface area contributed by atoms with Crippen LogP contribution in [0.4, 0.5) is 0 Å². The van der Waals surface area contributed by atoms with Crippen LogP contribution in [-0.4, -0.2) is 38.0 Å². The number of thiazole rings is 1. The van der Waals surface area contributed by atoms with Crippen LogP contribution < -0.4 is 29.1 Å². The van der Waals surface area contributed by atoms with Crippen molar-refractivity contribution in [2.45, 2.75) is 19.9 Å². The number of fused-ring (bicyclic) bond motifs is 1. The number of aromatic nitrogens is 1. The van der Waals surface area contributed by atoms with Crippen molar-refractivity contribution in [1.82, 2.24) is 4.57 Å². The lowest BCUT2D eigenvalue weighted by molar-refractivity contribution is -0.139. The first kappa shape index (κ1) is 26.0. The van der Waals surface area contributed by atoms with E-state index < -0.39 is 12.0 Å². The normalized spacial score (nSPS) is 15.0. The number of carbonyl (C=O) groups is 1. The van der Waals surface area contributed by atoms with Crippen molar-refractivity contribution in [3.8, 4) is 17.2 Å². The van der Waals surface area contributed by atoms with Gasteiger partial charge in [0.15, 0.2) is 4.80 Å². The van der Waals surface area contributed by atoms with Crippen LogP contribution >= 0.6 is 11.3 Å². The topological polar surface area (TPSA) is 88.3 Å². The standard InChI is InChI=1S/C28H28N2O6S/c1-6-14-36-19-10-8-18(9-11-19)15-23-26(31)30-25(21-13-12-20(33-4)16-22(21)34-5)24(27(32)35-7-2)17(3)29-28(30)37-23/h6,8-13,15-16,25H,1,7,14H2,2-5H3/b23-15-/t25-/m1/s1. The molecule has 0 spiro atoms. The Morgan fingerprint density at radius 2 is 1.86 bits per heavy atom. The molecule has 0 saturated heterocycles. The Labute approximate surface area is 218 Å². The summed E-state index contributed by atoms with van der Waals surface area (Å²) in [5.74, 6) is 1.24. The Kier molecular flexibility index (Phi) is 7.93. The molecule has 0 radical (unpaired) electrons. The predicted octanol–water partition coefficient (Wildman–Crippen LogP) is 3.38. The number of allylic oxidation sites excluding steroid dienone is 1. The maximum Gasteiger partial charge on any atom is 0.338 e. The molecule has 2 aromatic carbocycles. The average molecular weight is 521 g/mol. The van der Waals surface area contributed by atoms with Crippen LogP contribution in [0.5, 0.6) is 17.2 Å². The van der Waals surface area contributed by atoms with Gasteiger partial charge in [-0.25, -0.2) is 9.79 Å². The molecular weight excluding hydrogens is 492 g/mol. The van der Waals surface area contributed by atoms with Gasteiger partial charge in [-0.05, 0) is 49.8 Å². The first-order valence-electron chi connectivity index (χ1n) is 11.7. The number of benzene rings is 2. The third kappa shape index (κ3) is 5.22. The van der Waals surface area contributed by atoms with E-state index in [0.29, 0.717) is 44.4 Å². The second-order valence-electron chi connectivity index (χ2n) is 8.08. The number of methoxy groups -OCH3 is 2. The SMILES string of the molecule is C=CCOc1ccc(/C=c2\sc3n(c2=O)[C@H](c2ccc(OC)cc2OC)C(C(=O)OCC)=C(C)N=3)cc1. The number of ether oxygens (including phenoxy) is 4. The Morgan fingerprint density at radius 3 is 2.51 bits per heavy atom. The summed E-state index contributed by atoms with van der Waals surface area (Å²) < 4.78 is 23.9. The molecule has 192 valence electrons. The van der Waals surface area contributed by atoms with E-state index in [-0.39, 0.29) is 17.7 Å². The monoisotopic (exact) mass is 520 g/mol. The Hall–Kier alpha value is -4.11. The van der Waals surface area contributed by atoms with Gasteiger partial charge in [0, 0.05) is 11.6 Å². The minimum absolute atomic E-state index is 0.193. The predicted molar refractivity (Wildman–Crippen MR) is 142 cm³/mol. The zero-order valence-corrected chi connectivity index (χ0v) is 22.0. The highest BCUT2D eigenvalue weighted by atomic mass is 32.1. The maximum atomic E-state index is 13.8. The molecule has 0 aliphatic carbocycles. The summed E-state index contributed by atoms with van der Waals surface area (Å²) in [6, 6.07) is 11.9. The molecule has 1 aromatic heterocycles. The molecule has 4 rings (SSSR count). The fraction of sp³-hybridized carbons (Fsp3) is 0.250. The van der Waals surface area contributed by atoms with E-state index in [1.165, 1.54) is 23.0 Å². The van der Waals surface area contributed by atoms with Crippen LogP contribution in [0, 0.1) is 0 Å². The van der Waals surface area contributed by atoms with E-state index in [9.17, 15) is 9.59 Å². The minimum atomic E-state index is -0.784. The van der Waals surface area contributed by atoms with Gasteiger partial charge in [0.2, 0.25) is 0 Å². The van der Waals surface area contributed by atoms with Crippen LogP contribution in [0.2, 0.25) is 0 Å². The molecule has 1 atom stereocenters. The quantitative estimate of drug-likeness (QED) is 0.318. The molecule has 0 N–H and O–H groups in total.